The molecule has 5 rings (SSSR count). The number of morpholine rings is 1. The van der Waals surface area contributed by atoms with Gasteiger partial charge in [-0.05, 0) is 37.8 Å². The van der Waals surface area contributed by atoms with Crippen LogP contribution >= 0.6 is 0 Å². The van der Waals surface area contributed by atoms with Gasteiger partial charge < -0.3 is 19.5 Å². The number of aryl methyl sites for hydroxylation is 1. The van der Waals surface area contributed by atoms with Crippen LogP contribution in [-0.2, 0) is 16.0 Å². The number of ether oxygens (including phenoxy) is 1. The first-order valence-electron chi connectivity index (χ1n) is 11.7. The second kappa shape index (κ2) is 9.31. The van der Waals surface area contributed by atoms with Crippen molar-refractivity contribution in [3.63, 3.8) is 0 Å². The number of piperidine rings is 1. The molecule has 2 fully saturated rings. The molecule has 3 aromatic rings. The summed E-state index contributed by atoms with van der Waals surface area (Å²) in [7, 11) is 0. The van der Waals surface area contributed by atoms with Crippen molar-refractivity contribution in [2.24, 2.45) is 0 Å². The summed E-state index contributed by atoms with van der Waals surface area (Å²) in [5, 5.41) is 1.08. The van der Waals surface area contributed by atoms with Gasteiger partial charge in [-0.2, -0.15) is 0 Å². The van der Waals surface area contributed by atoms with Crippen molar-refractivity contribution < 1.29 is 14.3 Å². The number of hydrogen-bond acceptors (Lipinski definition) is 5. The van der Waals surface area contributed by atoms with Crippen LogP contribution in [0.3, 0.4) is 0 Å². The second-order valence-electron chi connectivity index (χ2n) is 8.77. The minimum atomic E-state index is -0.164. The zero-order valence-corrected chi connectivity index (χ0v) is 18.9. The Morgan fingerprint density at radius 1 is 1.15 bits per heavy atom. The molecule has 2 saturated heterocycles. The molecule has 2 aromatic heterocycles. The summed E-state index contributed by atoms with van der Waals surface area (Å²) >= 11 is 0. The lowest BCUT2D eigenvalue weighted by atomic mass is 9.99. The zero-order chi connectivity index (χ0) is 22.8. The van der Waals surface area contributed by atoms with Gasteiger partial charge in [0.1, 0.15) is 0 Å². The van der Waals surface area contributed by atoms with E-state index in [9.17, 15) is 9.59 Å². The lowest BCUT2D eigenvalue weighted by molar-refractivity contribution is -0.134. The van der Waals surface area contributed by atoms with E-state index in [0.717, 1.165) is 35.7 Å². The summed E-state index contributed by atoms with van der Waals surface area (Å²) in [5.74, 6) is 0.649. The molecule has 1 aromatic carbocycles. The highest BCUT2D eigenvalue weighted by molar-refractivity contribution is 5.95. The van der Waals surface area contributed by atoms with Gasteiger partial charge in [-0.1, -0.05) is 18.2 Å². The van der Waals surface area contributed by atoms with Crippen LogP contribution < -0.4 is 0 Å². The van der Waals surface area contributed by atoms with Gasteiger partial charge in [-0.3, -0.25) is 9.59 Å². The van der Waals surface area contributed by atoms with Crippen LogP contribution in [0.15, 0.2) is 36.7 Å². The standard InChI is InChI=1S/C25H29N5O3/c1-17-20(25(32)29-10-12-33-13-11-29)16-27-24(28-17)22-8-4-5-9-30(22)23(31)14-18-15-26-21-7-3-2-6-19(18)21/h2-3,6-7,15-16,22,26H,4-5,8-14H2,1H3/t22-/m0/s1. The van der Waals surface area contributed by atoms with E-state index in [1.165, 1.54) is 0 Å². The minimum Gasteiger partial charge on any atom is -0.378 e. The Morgan fingerprint density at radius 3 is 2.79 bits per heavy atom. The van der Waals surface area contributed by atoms with E-state index in [-0.39, 0.29) is 17.9 Å². The number of rotatable bonds is 4. The normalized spacial score (nSPS) is 19.1. The van der Waals surface area contributed by atoms with Crippen LogP contribution in [0, 0.1) is 6.92 Å². The average Bonchev–Trinajstić information content (AvgIpc) is 3.27. The number of benzene rings is 1. The Bertz CT molecular complexity index is 1170. The van der Waals surface area contributed by atoms with Crippen LogP contribution in [0.1, 0.15) is 52.7 Å². The highest BCUT2D eigenvalue weighted by atomic mass is 16.5. The molecule has 1 atom stereocenters. The van der Waals surface area contributed by atoms with E-state index in [0.29, 0.717) is 56.4 Å². The van der Waals surface area contributed by atoms with Crippen molar-refractivity contribution in [2.75, 3.05) is 32.8 Å². The number of aromatic nitrogens is 3. The molecule has 2 aliphatic heterocycles. The van der Waals surface area contributed by atoms with Crippen LogP contribution in [0.25, 0.3) is 10.9 Å². The van der Waals surface area contributed by atoms with E-state index < -0.39 is 0 Å². The van der Waals surface area contributed by atoms with Crippen molar-refractivity contribution in [3.05, 3.63) is 59.3 Å². The number of aromatic amines is 1. The molecule has 1 N–H and O–H groups in total. The fourth-order valence-corrected chi connectivity index (χ4v) is 4.83. The molecular weight excluding hydrogens is 418 g/mol. The topological polar surface area (TPSA) is 91.4 Å². The summed E-state index contributed by atoms with van der Waals surface area (Å²) < 4.78 is 5.35. The molecule has 0 spiro atoms. The Labute approximate surface area is 193 Å². The summed E-state index contributed by atoms with van der Waals surface area (Å²) in [5.41, 5.74) is 3.22. The number of carbonyl (C=O) groups is 2. The first-order valence-corrected chi connectivity index (χ1v) is 11.7. The maximum absolute atomic E-state index is 13.3. The maximum Gasteiger partial charge on any atom is 0.257 e. The number of nitrogens with one attached hydrogen (secondary N) is 1. The highest BCUT2D eigenvalue weighted by Gasteiger charge is 2.31. The fraction of sp³-hybridized carbons (Fsp3) is 0.440. The van der Waals surface area contributed by atoms with E-state index in [2.05, 4.69) is 9.97 Å². The third-order valence-electron chi connectivity index (χ3n) is 6.66. The fourth-order valence-electron chi connectivity index (χ4n) is 4.83. The lowest BCUT2D eigenvalue weighted by Gasteiger charge is -2.35. The third-order valence-corrected chi connectivity index (χ3v) is 6.66. The Balaban J connectivity index is 1.35. The van der Waals surface area contributed by atoms with E-state index in [1.807, 2.05) is 42.3 Å². The number of nitrogens with zero attached hydrogens (tertiary/aromatic N) is 4. The monoisotopic (exact) mass is 447 g/mol. The van der Waals surface area contributed by atoms with Gasteiger partial charge in [0, 0.05) is 42.9 Å². The van der Waals surface area contributed by atoms with Crippen molar-refractivity contribution in [3.8, 4) is 0 Å². The second-order valence-corrected chi connectivity index (χ2v) is 8.77. The number of para-hydroxylation sites is 1. The molecule has 0 radical (unpaired) electrons. The first kappa shape index (κ1) is 21.6. The molecule has 2 aliphatic rings. The summed E-state index contributed by atoms with van der Waals surface area (Å²) in [6.45, 7) is 4.82. The van der Waals surface area contributed by atoms with Crippen LogP contribution in [0.5, 0.6) is 0 Å². The summed E-state index contributed by atoms with van der Waals surface area (Å²) in [6.07, 6.45) is 6.73. The molecule has 0 unspecified atom stereocenters. The summed E-state index contributed by atoms with van der Waals surface area (Å²) in [6, 6.07) is 7.87. The molecule has 0 bridgehead atoms. The Hall–Kier alpha value is -3.26. The Morgan fingerprint density at radius 2 is 1.97 bits per heavy atom. The van der Waals surface area contributed by atoms with Gasteiger partial charge in [-0.25, -0.2) is 9.97 Å². The third kappa shape index (κ3) is 4.35. The maximum atomic E-state index is 13.3. The van der Waals surface area contributed by atoms with Crippen molar-refractivity contribution in [1.82, 2.24) is 24.8 Å². The predicted octanol–water partition coefficient (Wildman–Crippen LogP) is 3.04. The molecule has 8 heteroatoms. The largest absolute Gasteiger partial charge is 0.378 e. The highest BCUT2D eigenvalue weighted by Crippen LogP contribution is 2.30. The average molecular weight is 448 g/mol. The quantitative estimate of drug-likeness (QED) is 0.664. The van der Waals surface area contributed by atoms with E-state index in [1.54, 1.807) is 11.1 Å². The van der Waals surface area contributed by atoms with Gasteiger partial charge in [-0.15, -0.1) is 0 Å². The molecule has 8 nitrogen and oxygen atoms in total. The molecule has 4 heterocycles. The number of carbonyl (C=O) groups excluding carboxylic acids is 2. The van der Waals surface area contributed by atoms with Gasteiger partial charge in [0.15, 0.2) is 5.82 Å². The molecule has 0 saturated carbocycles. The molecule has 2 amide bonds. The van der Waals surface area contributed by atoms with Crippen molar-refractivity contribution in [1.29, 1.82) is 0 Å². The van der Waals surface area contributed by atoms with Gasteiger partial charge in [0.05, 0.1) is 36.9 Å². The number of likely N-dealkylation sites (tertiary alicyclic amines) is 1. The SMILES string of the molecule is Cc1nc([C@@H]2CCCCN2C(=O)Cc2c[nH]c3ccccc23)ncc1C(=O)N1CCOCC1. The predicted molar refractivity (Wildman–Crippen MR) is 124 cm³/mol. The lowest BCUT2D eigenvalue weighted by Crippen LogP contribution is -2.41. The van der Waals surface area contributed by atoms with Gasteiger partial charge in [0.2, 0.25) is 5.91 Å². The van der Waals surface area contributed by atoms with Gasteiger partial charge in [0.25, 0.3) is 5.91 Å². The zero-order valence-electron chi connectivity index (χ0n) is 18.9. The van der Waals surface area contributed by atoms with Crippen LogP contribution in [0.4, 0.5) is 0 Å². The van der Waals surface area contributed by atoms with Crippen LogP contribution in [-0.4, -0.2) is 69.4 Å². The number of amides is 2. The molecule has 33 heavy (non-hydrogen) atoms. The van der Waals surface area contributed by atoms with Crippen molar-refractivity contribution >= 4 is 22.7 Å². The molecular formula is C25H29N5O3. The number of fused-ring (bicyclic) bond motifs is 1. The Kier molecular flexibility index (Phi) is 6.09. The minimum absolute atomic E-state index is 0.0572. The van der Waals surface area contributed by atoms with Gasteiger partial charge >= 0.3 is 0 Å². The first-order chi connectivity index (χ1) is 16.1. The molecule has 172 valence electrons. The van der Waals surface area contributed by atoms with E-state index >= 15 is 0 Å². The van der Waals surface area contributed by atoms with Crippen LogP contribution in [0.2, 0.25) is 0 Å². The summed E-state index contributed by atoms with van der Waals surface area (Å²) in [4.78, 5) is 42.5. The van der Waals surface area contributed by atoms with Crippen molar-refractivity contribution in [2.45, 2.75) is 38.6 Å². The smallest absolute Gasteiger partial charge is 0.257 e. The number of H-pyrrole nitrogens is 1. The molecule has 0 aliphatic carbocycles. The van der Waals surface area contributed by atoms with E-state index in [4.69, 9.17) is 9.72 Å². The number of hydrogen-bond donors (Lipinski definition) is 1.